The lowest BCUT2D eigenvalue weighted by Gasteiger charge is -2.21. The van der Waals surface area contributed by atoms with Crippen LogP contribution in [0.25, 0.3) is 0 Å². The van der Waals surface area contributed by atoms with E-state index in [1.54, 1.807) is 14.2 Å². The lowest BCUT2D eigenvalue weighted by molar-refractivity contribution is -0.121. The number of hydrogen-bond acceptors (Lipinski definition) is 4. The summed E-state index contributed by atoms with van der Waals surface area (Å²) in [5.74, 6) is 1.70. The molecule has 0 aromatic heterocycles. The predicted molar refractivity (Wildman–Crippen MR) is 108 cm³/mol. The first-order valence-corrected chi connectivity index (χ1v) is 9.47. The number of carbonyl (C=O) groups excluding carboxylic acids is 1. The number of methoxy groups -OCH3 is 2. The van der Waals surface area contributed by atoms with Crippen molar-refractivity contribution in [1.82, 2.24) is 5.32 Å². The minimum Gasteiger partial charge on any atom is -0.497 e. The highest BCUT2D eigenvalue weighted by Gasteiger charge is 2.26. The van der Waals surface area contributed by atoms with Crippen LogP contribution in [-0.4, -0.2) is 39.3 Å². The second kappa shape index (κ2) is 9.00. The van der Waals surface area contributed by atoms with E-state index in [-0.39, 0.29) is 11.9 Å². The van der Waals surface area contributed by atoms with Crippen molar-refractivity contribution in [3.05, 3.63) is 53.1 Å². The van der Waals surface area contributed by atoms with Crippen molar-refractivity contribution < 1.29 is 14.3 Å². The summed E-state index contributed by atoms with van der Waals surface area (Å²) in [5.41, 5.74) is 2.10. The summed E-state index contributed by atoms with van der Waals surface area (Å²) in [5, 5.41) is 3.82. The van der Waals surface area contributed by atoms with E-state index in [0.29, 0.717) is 17.9 Å². The molecule has 0 spiro atoms. The molecule has 1 heterocycles. The first kappa shape index (κ1) is 19.4. The Hall–Kier alpha value is -2.40. The van der Waals surface area contributed by atoms with Crippen LogP contribution in [0, 0.1) is 0 Å². The van der Waals surface area contributed by atoms with E-state index in [4.69, 9.17) is 21.1 Å². The molecule has 1 amide bonds. The molecule has 2 aromatic rings. The summed E-state index contributed by atoms with van der Waals surface area (Å²) in [6.45, 7) is 1.62. The molecule has 0 saturated carbocycles. The number of anilines is 1. The second-order valence-electron chi connectivity index (χ2n) is 6.66. The van der Waals surface area contributed by atoms with Gasteiger partial charge in [-0.2, -0.15) is 0 Å². The minimum atomic E-state index is 0.0794. The fourth-order valence-corrected chi connectivity index (χ4v) is 3.52. The van der Waals surface area contributed by atoms with Crippen LogP contribution >= 0.6 is 11.6 Å². The monoisotopic (exact) mass is 388 g/mol. The fourth-order valence-electron chi connectivity index (χ4n) is 3.36. The molecule has 1 unspecified atom stereocenters. The molecule has 144 valence electrons. The maximum absolute atomic E-state index is 12.3. The Bertz CT molecular complexity index is 779. The van der Waals surface area contributed by atoms with E-state index in [0.717, 1.165) is 42.3 Å². The predicted octanol–water partition coefficient (Wildman–Crippen LogP) is 3.68. The van der Waals surface area contributed by atoms with Gasteiger partial charge in [-0.15, -0.1) is 0 Å². The van der Waals surface area contributed by atoms with Crippen molar-refractivity contribution >= 4 is 23.2 Å². The number of amides is 1. The molecule has 1 aliphatic heterocycles. The van der Waals surface area contributed by atoms with Gasteiger partial charge in [0, 0.05) is 30.6 Å². The number of carbonyl (C=O) groups is 1. The molecule has 1 fully saturated rings. The van der Waals surface area contributed by atoms with E-state index in [9.17, 15) is 4.79 Å². The SMILES string of the molecule is COc1ccc(CCC(=O)NC2CCN(c3cc(Cl)ccc3OC)C2)cc1. The fraction of sp³-hybridized carbons (Fsp3) is 0.381. The Morgan fingerprint density at radius 2 is 1.96 bits per heavy atom. The molecular formula is C21H25ClN2O3. The van der Waals surface area contributed by atoms with Crippen LogP contribution in [0.5, 0.6) is 11.5 Å². The third-order valence-electron chi connectivity index (χ3n) is 4.83. The molecule has 1 saturated heterocycles. The third-order valence-corrected chi connectivity index (χ3v) is 5.07. The second-order valence-corrected chi connectivity index (χ2v) is 7.10. The van der Waals surface area contributed by atoms with E-state index in [1.165, 1.54) is 0 Å². The van der Waals surface area contributed by atoms with Gasteiger partial charge in [-0.3, -0.25) is 4.79 Å². The molecule has 5 nitrogen and oxygen atoms in total. The standard InChI is InChI=1S/C21H25ClN2O3/c1-26-18-7-3-15(4-8-18)5-10-21(25)23-17-11-12-24(14-17)19-13-16(22)6-9-20(19)27-2/h3-4,6-9,13,17H,5,10-12,14H2,1-2H3,(H,23,25). The van der Waals surface area contributed by atoms with Crippen molar-refractivity contribution in [1.29, 1.82) is 0 Å². The minimum absolute atomic E-state index is 0.0794. The average molecular weight is 389 g/mol. The van der Waals surface area contributed by atoms with Crippen LogP contribution in [0.4, 0.5) is 5.69 Å². The van der Waals surface area contributed by atoms with Gasteiger partial charge in [-0.1, -0.05) is 23.7 Å². The molecule has 6 heteroatoms. The van der Waals surface area contributed by atoms with Crippen LogP contribution < -0.4 is 19.7 Å². The Balaban J connectivity index is 1.50. The molecule has 0 aliphatic carbocycles. The molecule has 1 aliphatic rings. The number of nitrogens with zero attached hydrogens (tertiary/aromatic N) is 1. The number of rotatable bonds is 7. The number of nitrogens with one attached hydrogen (secondary N) is 1. The third kappa shape index (κ3) is 5.07. The van der Waals surface area contributed by atoms with Crippen LogP contribution in [0.1, 0.15) is 18.4 Å². The zero-order chi connectivity index (χ0) is 19.2. The van der Waals surface area contributed by atoms with Gasteiger partial charge in [0.15, 0.2) is 0 Å². The van der Waals surface area contributed by atoms with Gasteiger partial charge in [0.1, 0.15) is 11.5 Å². The summed E-state index contributed by atoms with van der Waals surface area (Å²) in [6.07, 6.45) is 2.10. The first-order valence-electron chi connectivity index (χ1n) is 9.10. The zero-order valence-electron chi connectivity index (χ0n) is 15.7. The van der Waals surface area contributed by atoms with Gasteiger partial charge in [0.05, 0.1) is 19.9 Å². The topological polar surface area (TPSA) is 50.8 Å². The molecule has 0 bridgehead atoms. The van der Waals surface area contributed by atoms with Crippen molar-refractivity contribution in [2.24, 2.45) is 0 Å². The van der Waals surface area contributed by atoms with Gasteiger partial charge in [-0.05, 0) is 48.7 Å². The first-order chi connectivity index (χ1) is 13.1. The largest absolute Gasteiger partial charge is 0.497 e. The maximum Gasteiger partial charge on any atom is 0.220 e. The molecule has 2 aromatic carbocycles. The zero-order valence-corrected chi connectivity index (χ0v) is 16.5. The highest BCUT2D eigenvalue weighted by Crippen LogP contribution is 2.33. The molecule has 1 atom stereocenters. The number of ether oxygens (including phenoxy) is 2. The van der Waals surface area contributed by atoms with Crippen molar-refractivity contribution in [3.63, 3.8) is 0 Å². The Labute approximate surface area is 165 Å². The summed E-state index contributed by atoms with van der Waals surface area (Å²) in [7, 11) is 3.30. The maximum atomic E-state index is 12.3. The smallest absolute Gasteiger partial charge is 0.220 e. The molecule has 0 radical (unpaired) electrons. The number of hydrogen-bond donors (Lipinski definition) is 1. The summed E-state index contributed by atoms with van der Waals surface area (Å²) in [6, 6.07) is 13.6. The van der Waals surface area contributed by atoms with Crippen LogP contribution in [0.3, 0.4) is 0 Å². The Kier molecular flexibility index (Phi) is 6.45. The molecule has 27 heavy (non-hydrogen) atoms. The van der Waals surface area contributed by atoms with E-state index >= 15 is 0 Å². The summed E-state index contributed by atoms with van der Waals surface area (Å²) < 4.78 is 10.6. The van der Waals surface area contributed by atoms with E-state index in [2.05, 4.69) is 10.2 Å². The summed E-state index contributed by atoms with van der Waals surface area (Å²) >= 11 is 6.13. The number of aryl methyl sites for hydroxylation is 1. The number of benzene rings is 2. The highest BCUT2D eigenvalue weighted by atomic mass is 35.5. The van der Waals surface area contributed by atoms with Gasteiger partial charge in [0.25, 0.3) is 0 Å². The van der Waals surface area contributed by atoms with Crippen LogP contribution in [0.15, 0.2) is 42.5 Å². The normalized spacial score (nSPS) is 16.3. The Morgan fingerprint density at radius 3 is 2.67 bits per heavy atom. The van der Waals surface area contributed by atoms with Gasteiger partial charge in [0.2, 0.25) is 5.91 Å². The molecule has 1 N–H and O–H groups in total. The molecule has 3 rings (SSSR count). The van der Waals surface area contributed by atoms with Crippen molar-refractivity contribution in [2.45, 2.75) is 25.3 Å². The van der Waals surface area contributed by atoms with Crippen molar-refractivity contribution in [3.8, 4) is 11.5 Å². The van der Waals surface area contributed by atoms with Crippen LogP contribution in [-0.2, 0) is 11.2 Å². The summed E-state index contributed by atoms with van der Waals surface area (Å²) in [4.78, 5) is 14.5. The number of halogens is 1. The van der Waals surface area contributed by atoms with Crippen molar-refractivity contribution in [2.75, 3.05) is 32.2 Å². The van der Waals surface area contributed by atoms with Gasteiger partial charge in [-0.25, -0.2) is 0 Å². The Morgan fingerprint density at radius 1 is 1.19 bits per heavy atom. The molecular weight excluding hydrogens is 364 g/mol. The van der Waals surface area contributed by atoms with E-state index < -0.39 is 0 Å². The lowest BCUT2D eigenvalue weighted by atomic mass is 10.1. The highest BCUT2D eigenvalue weighted by molar-refractivity contribution is 6.30. The van der Waals surface area contributed by atoms with Gasteiger partial charge < -0.3 is 19.7 Å². The van der Waals surface area contributed by atoms with E-state index in [1.807, 2.05) is 42.5 Å². The lowest BCUT2D eigenvalue weighted by Crippen LogP contribution is -2.37. The average Bonchev–Trinajstić information content (AvgIpc) is 3.15. The van der Waals surface area contributed by atoms with Crippen LogP contribution in [0.2, 0.25) is 5.02 Å². The van der Waals surface area contributed by atoms with Gasteiger partial charge >= 0.3 is 0 Å². The quantitative estimate of drug-likeness (QED) is 0.786.